The Hall–Kier alpha value is -4.17. The van der Waals surface area contributed by atoms with Crippen LogP contribution >= 0.6 is 0 Å². The summed E-state index contributed by atoms with van der Waals surface area (Å²) in [7, 11) is 0. The number of nitrogens with zero attached hydrogens (tertiary/aromatic N) is 2. The second-order valence-corrected chi connectivity index (χ2v) is 11.2. The number of hydrogen-bond donors (Lipinski definition) is 3. The average molecular weight is 570 g/mol. The highest BCUT2D eigenvalue weighted by Gasteiger charge is 2.27. The molecule has 0 saturated carbocycles. The molecule has 4 rings (SSSR count). The number of H-pyrrole nitrogens is 1. The maximum absolute atomic E-state index is 14.3. The molecule has 0 unspecified atom stereocenters. The van der Waals surface area contributed by atoms with Crippen LogP contribution in [0.1, 0.15) is 76.8 Å². The molecule has 0 spiro atoms. The third-order valence-electron chi connectivity index (χ3n) is 7.36. The summed E-state index contributed by atoms with van der Waals surface area (Å²) in [4.78, 5) is 37.1. The van der Waals surface area contributed by atoms with Crippen LogP contribution in [0.15, 0.2) is 65.6 Å². The summed E-state index contributed by atoms with van der Waals surface area (Å²) in [6.07, 6.45) is 3.96. The van der Waals surface area contributed by atoms with Crippen LogP contribution in [0, 0.1) is 0 Å². The van der Waals surface area contributed by atoms with Gasteiger partial charge in [-0.1, -0.05) is 71.4 Å². The molecule has 0 aliphatic heterocycles. The SMILES string of the molecule is CCCCN(C(=O)Nc1c(C(C)C)cccc1C(C)C)c1c(-c2cccc(OCCCN)c2)c2cccnc2[nH]c1=O. The van der Waals surface area contributed by atoms with Crippen molar-refractivity contribution in [3.05, 3.63) is 82.3 Å². The smallest absolute Gasteiger partial charge is 0.326 e. The predicted molar refractivity (Wildman–Crippen MR) is 173 cm³/mol. The van der Waals surface area contributed by atoms with E-state index in [0.29, 0.717) is 36.7 Å². The summed E-state index contributed by atoms with van der Waals surface area (Å²) in [5, 5.41) is 3.97. The van der Waals surface area contributed by atoms with Crippen molar-refractivity contribution < 1.29 is 9.53 Å². The molecular weight excluding hydrogens is 526 g/mol. The Morgan fingerprint density at radius 2 is 1.74 bits per heavy atom. The van der Waals surface area contributed by atoms with E-state index in [2.05, 4.69) is 62.0 Å². The van der Waals surface area contributed by atoms with Crippen LogP contribution in [0.4, 0.5) is 16.2 Å². The average Bonchev–Trinajstić information content (AvgIpc) is 2.97. The molecule has 8 heteroatoms. The zero-order valence-corrected chi connectivity index (χ0v) is 25.4. The van der Waals surface area contributed by atoms with Gasteiger partial charge in [0.1, 0.15) is 17.1 Å². The minimum absolute atomic E-state index is 0.204. The van der Waals surface area contributed by atoms with Crippen molar-refractivity contribution in [3.8, 4) is 16.9 Å². The molecule has 222 valence electrons. The number of rotatable bonds is 12. The third kappa shape index (κ3) is 6.82. The van der Waals surface area contributed by atoms with Gasteiger partial charge in [-0.25, -0.2) is 9.78 Å². The molecule has 0 fully saturated rings. The molecule has 2 aromatic heterocycles. The molecule has 0 radical (unpaired) electrons. The van der Waals surface area contributed by atoms with E-state index >= 15 is 0 Å². The highest BCUT2D eigenvalue weighted by molar-refractivity contribution is 6.09. The Kier molecular flexibility index (Phi) is 10.4. The van der Waals surface area contributed by atoms with E-state index in [1.54, 1.807) is 11.1 Å². The molecule has 42 heavy (non-hydrogen) atoms. The third-order valence-corrected chi connectivity index (χ3v) is 7.36. The molecule has 4 N–H and O–H groups in total. The first-order chi connectivity index (χ1) is 20.3. The van der Waals surface area contributed by atoms with Gasteiger partial charge in [-0.15, -0.1) is 0 Å². The van der Waals surface area contributed by atoms with Gasteiger partial charge >= 0.3 is 6.03 Å². The van der Waals surface area contributed by atoms with Crippen LogP contribution in [0.3, 0.4) is 0 Å². The normalized spacial score (nSPS) is 11.3. The highest BCUT2D eigenvalue weighted by atomic mass is 16.5. The molecule has 2 heterocycles. The number of unbranched alkanes of at least 4 members (excludes halogenated alkanes) is 1. The number of carbonyl (C=O) groups is 1. The van der Waals surface area contributed by atoms with Gasteiger partial charge in [-0.3, -0.25) is 9.69 Å². The van der Waals surface area contributed by atoms with Gasteiger partial charge < -0.3 is 20.8 Å². The van der Waals surface area contributed by atoms with Crippen LogP contribution in [0.2, 0.25) is 0 Å². The molecule has 0 atom stereocenters. The number of nitrogens with two attached hydrogens (primary N) is 1. The van der Waals surface area contributed by atoms with Crippen molar-refractivity contribution >= 4 is 28.4 Å². The van der Waals surface area contributed by atoms with Crippen molar-refractivity contribution in [3.63, 3.8) is 0 Å². The van der Waals surface area contributed by atoms with Gasteiger partial charge in [-0.05, 0) is 72.2 Å². The van der Waals surface area contributed by atoms with Crippen LogP contribution in [-0.4, -0.2) is 35.7 Å². The van der Waals surface area contributed by atoms with Gasteiger partial charge in [0.25, 0.3) is 5.56 Å². The van der Waals surface area contributed by atoms with Crippen molar-refractivity contribution in [2.45, 2.75) is 65.7 Å². The Labute approximate surface area is 248 Å². The molecule has 4 aromatic rings. The van der Waals surface area contributed by atoms with E-state index in [0.717, 1.165) is 47.0 Å². The topological polar surface area (TPSA) is 113 Å². The van der Waals surface area contributed by atoms with Crippen molar-refractivity contribution in [1.82, 2.24) is 9.97 Å². The highest BCUT2D eigenvalue weighted by Crippen LogP contribution is 2.37. The number of benzene rings is 2. The summed E-state index contributed by atoms with van der Waals surface area (Å²) in [5.74, 6) is 1.08. The van der Waals surface area contributed by atoms with Crippen LogP contribution in [0.5, 0.6) is 5.75 Å². The fourth-order valence-electron chi connectivity index (χ4n) is 5.18. The molecular formula is C34H43N5O3. The minimum atomic E-state index is -0.377. The standard InChI is InChI=1S/C34H43N5O3/c1-6-7-19-39(34(41)37-30-26(22(2)3)14-9-15-27(30)23(4)5)31-29(28-16-10-18-36-32(28)38-33(31)40)24-12-8-13-25(21-24)42-20-11-17-35/h8-10,12-16,18,21-23H,6-7,11,17,19-20,35H2,1-5H3,(H,37,41)(H,36,38,40). The lowest BCUT2D eigenvalue weighted by Gasteiger charge is -2.28. The number of ether oxygens (including phenoxy) is 1. The van der Waals surface area contributed by atoms with Crippen LogP contribution in [-0.2, 0) is 0 Å². The van der Waals surface area contributed by atoms with E-state index in [1.165, 1.54) is 0 Å². The summed E-state index contributed by atoms with van der Waals surface area (Å²) >= 11 is 0. The molecule has 0 aliphatic carbocycles. The first kappa shape index (κ1) is 30.8. The fourth-order valence-corrected chi connectivity index (χ4v) is 5.18. The summed E-state index contributed by atoms with van der Waals surface area (Å²) in [6.45, 7) is 11.9. The van der Waals surface area contributed by atoms with Gasteiger partial charge in [0.15, 0.2) is 0 Å². The number of para-hydroxylation sites is 1. The van der Waals surface area contributed by atoms with Crippen molar-refractivity contribution in [2.24, 2.45) is 5.73 Å². The Balaban J connectivity index is 1.90. The monoisotopic (exact) mass is 569 g/mol. The van der Waals surface area contributed by atoms with Crippen LogP contribution < -0.4 is 26.2 Å². The lowest BCUT2D eigenvalue weighted by Crippen LogP contribution is -2.40. The number of aromatic amines is 1. The van der Waals surface area contributed by atoms with E-state index in [-0.39, 0.29) is 29.1 Å². The number of aromatic nitrogens is 2. The second kappa shape index (κ2) is 14.1. The number of nitrogens with one attached hydrogen (secondary N) is 2. The van der Waals surface area contributed by atoms with Crippen molar-refractivity contribution in [2.75, 3.05) is 29.9 Å². The number of anilines is 2. The van der Waals surface area contributed by atoms with Gasteiger partial charge in [0.05, 0.1) is 6.61 Å². The number of pyridine rings is 2. The molecule has 2 amide bonds. The lowest BCUT2D eigenvalue weighted by atomic mass is 9.92. The quantitative estimate of drug-likeness (QED) is 0.154. The van der Waals surface area contributed by atoms with E-state index in [9.17, 15) is 9.59 Å². The van der Waals surface area contributed by atoms with E-state index in [4.69, 9.17) is 10.5 Å². The molecule has 0 bridgehead atoms. The summed E-state index contributed by atoms with van der Waals surface area (Å²) in [5.41, 5.74) is 10.3. The number of hydrogen-bond acceptors (Lipinski definition) is 5. The first-order valence-corrected chi connectivity index (χ1v) is 14.9. The van der Waals surface area contributed by atoms with Gasteiger partial charge in [-0.2, -0.15) is 0 Å². The zero-order chi connectivity index (χ0) is 30.2. The van der Waals surface area contributed by atoms with Crippen LogP contribution in [0.25, 0.3) is 22.2 Å². The first-order valence-electron chi connectivity index (χ1n) is 14.9. The largest absolute Gasteiger partial charge is 0.494 e. The summed E-state index contributed by atoms with van der Waals surface area (Å²) < 4.78 is 5.94. The number of amides is 2. The number of urea groups is 1. The molecule has 0 aliphatic rings. The Morgan fingerprint density at radius 1 is 1.02 bits per heavy atom. The van der Waals surface area contributed by atoms with E-state index < -0.39 is 0 Å². The maximum Gasteiger partial charge on any atom is 0.326 e. The number of carbonyl (C=O) groups excluding carboxylic acids is 1. The summed E-state index contributed by atoms with van der Waals surface area (Å²) in [6, 6.07) is 17.2. The molecule has 2 aromatic carbocycles. The second-order valence-electron chi connectivity index (χ2n) is 11.2. The maximum atomic E-state index is 14.3. The van der Waals surface area contributed by atoms with Gasteiger partial charge in [0, 0.05) is 29.4 Å². The Morgan fingerprint density at radius 3 is 2.40 bits per heavy atom. The molecule has 8 nitrogen and oxygen atoms in total. The fraction of sp³-hybridized carbons (Fsp3) is 0.382. The Bertz CT molecular complexity index is 1550. The predicted octanol–water partition coefficient (Wildman–Crippen LogP) is 7.40. The van der Waals surface area contributed by atoms with Gasteiger partial charge in [0.2, 0.25) is 0 Å². The molecule has 0 saturated heterocycles. The zero-order valence-electron chi connectivity index (χ0n) is 25.4. The van der Waals surface area contributed by atoms with E-state index in [1.807, 2.05) is 42.5 Å². The number of fused-ring (bicyclic) bond motifs is 1. The minimum Gasteiger partial charge on any atom is -0.494 e. The lowest BCUT2D eigenvalue weighted by molar-refractivity contribution is 0.256. The van der Waals surface area contributed by atoms with Crippen molar-refractivity contribution in [1.29, 1.82) is 0 Å².